The van der Waals surface area contributed by atoms with Crippen molar-refractivity contribution in [2.75, 3.05) is 13.2 Å². The van der Waals surface area contributed by atoms with E-state index in [1.165, 1.54) is 5.56 Å². The first-order chi connectivity index (χ1) is 16.1. The smallest absolute Gasteiger partial charge is 0.252 e. The average molecular weight is 442 g/mol. The van der Waals surface area contributed by atoms with E-state index in [-0.39, 0.29) is 17.6 Å². The lowest BCUT2D eigenvalue weighted by atomic mass is 9.87. The minimum Gasteiger partial charge on any atom is -0.512 e. The topological polar surface area (TPSA) is 58.6 Å². The molecule has 2 aromatic carbocycles. The zero-order chi connectivity index (χ0) is 23.2. The normalized spacial score (nSPS) is 18.3. The maximum absolute atomic E-state index is 13.1. The predicted octanol–water partition coefficient (Wildman–Crippen LogP) is 6.02. The molecule has 1 amide bonds. The summed E-state index contributed by atoms with van der Waals surface area (Å²) in [6.45, 7) is 4.68. The van der Waals surface area contributed by atoms with Crippen LogP contribution < -0.4 is 10.1 Å². The van der Waals surface area contributed by atoms with Gasteiger partial charge in [0.2, 0.25) is 0 Å². The summed E-state index contributed by atoms with van der Waals surface area (Å²) in [5.41, 5.74) is 5.28. The number of carbonyl (C=O) groups excluding carboxylic acids is 1. The van der Waals surface area contributed by atoms with Crippen molar-refractivity contribution in [2.24, 2.45) is 5.92 Å². The molecular formula is C29H31NO3. The number of hydrogen-bond donors (Lipinski definition) is 2. The van der Waals surface area contributed by atoms with Gasteiger partial charge in [0.15, 0.2) is 0 Å². The fraction of sp³-hybridized carbons (Fsp3) is 0.276. The van der Waals surface area contributed by atoms with Crippen LogP contribution in [0, 0.1) is 5.92 Å². The largest absolute Gasteiger partial charge is 0.512 e. The number of aliphatic hydroxyl groups is 1. The van der Waals surface area contributed by atoms with Crippen LogP contribution in [0.2, 0.25) is 0 Å². The van der Waals surface area contributed by atoms with Crippen molar-refractivity contribution >= 4 is 17.1 Å². The van der Waals surface area contributed by atoms with E-state index in [0.29, 0.717) is 24.3 Å². The Bertz CT molecular complexity index is 1130. The number of nitrogens with one attached hydrogen (secondary N) is 1. The van der Waals surface area contributed by atoms with Gasteiger partial charge in [0.25, 0.3) is 5.91 Å². The SMILES string of the molecule is CCNC(=O)C1=C(C2C=CC=CC2)c2ccc(OCCCc3ccccc3)cc2/C1=C(/C)O. The highest BCUT2D eigenvalue weighted by molar-refractivity contribution is 6.20. The van der Waals surface area contributed by atoms with Crippen LogP contribution in [-0.2, 0) is 11.2 Å². The van der Waals surface area contributed by atoms with Crippen LogP contribution >= 0.6 is 0 Å². The third-order valence-electron chi connectivity index (χ3n) is 6.07. The van der Waals surface area contributed by atoms with Crippen LogP contribution in [0.3, 0.4) is 0 Å². The fourth-order valence-corrected chi connectivity index (χ4v) is 4.61. The Labute approximate surface area is 196 Å². The monoisotopic (exact) mass is 441 g/mol. The second kappa shape index (κ2) is 10.4. The molecule has 170 valence electrons. The van der Waals surface area contributed by atoms with Gasteiger partial charge in [-0.25, -0.2) is 0 Å². The number of likely N-dealkylation sites (N-methyl/N-ethyl adjacent to an activating group) is 1. The number of benzene rings is 2. The van der Waals surface area contributed by atoms with Crippen molar-refractivity contribution in [3.8, 4) is 5.75 Å². The van der Waals surface area contributed by atoms with Gasteiger partial charge in [-0.15, -0.1) is 0 Å². The fourth-order valence-electron chi connectivity index (χ4n) is 4.61. The molecule has 0 aliphatic heterocycles. The summed E-state index contributed by atoms with van der Waals surface area (Å²) in [7, 11) is 0. The van der Waals surface area contributed by atoms with E-state index in [1.807, 2.05) is 43.3 Å². The number of carbonyl (C=O) groups is 1. The molecule has 2 aliphatic rings. The number of aryl methyl sites for hydroxylation is 1. The molecule has 0 saturated heterocycles. The number of amides is 1. The Morgan fingerprint density at radius 1 is 1.12 bits per heavy atom. The Morgan fingerprint density at radius 2 is 1.94 bits per heavy atom. The van der Waals surface area contributed by atoms with Gasteiger partial charge in [-0.1, -0.05) is 60.7 Å². The highest BCUT2D eigenvalue weighted by Crippen LogP contribution is 2.48. The van der Waals surface area contributed by atoms with Crippen molar-refractivity contribution in [3.63, 3.8) is 0 Å². The van der Waals surface area contributed by atoms with Crippen molar-refractivity contribution < 1.29 is 14.6 Å². The quantitative estimate of drug-likeness (QED) is 0.389. The van der Waals surface area contributed by atoms with Crippen molar-refractivity contribution in [3.05, 3.63) is 101 Å². The van der Waals surface area contributed by atoms with Gasteiger partial charge in [-0.05, 0) is 67.5 Å². The van der Waals surface area contributed by atoms with Gasteiger partial charge in [0.05, 0.1) is 17.9 Å². The molecule has 4 nitrogen and oxygen atoms in total. The second-order valence-electron chi connectivity index (χ2n) is 8.41. The predicted molar refractivity (Wildman–Crippen MR) is 134 cm³/mol. The number of allylic oxidation sites excluding steroid dienone is 6. The van der Waals surface area contributed by atoms with Crippen molar-refractivity contribution in [1.29, 1.82) is 0 Å². The zero-order valence-electron chi connectivity index (χ0n) is 19.3. The van der Waals surface area contributed by atoms with E-state index in [9.17, 15) is 9.90 Å². The summed E-state index contributed by atoms with van der Waals surface area (Å²) in [4.78, 5) is 13.1. The van der Waals surface area contributed by atoms with Gasteiger partial charge in [0, 0.05) is 18.0 Å². The Kier molecular flexibility index (Phi) is 7.13. The molecule has 2 N–H and O–H groups in total. The first-order valence-electron chi connectivity index (χ1n) is 11.7. The van der Waals surface area contributed by atoms with Crippen LogP contribution in [0.15, 0.2) is 84.2 Å². The third kappa shape index (κ3) is 4.95. The van der Waals surface area contributed by atoms with Gasteiger partial charge < -0.3 is 15.2 Å². The minimum atomic E-state index is -0.152. The van der Waals surface area contributed by atoms with Crippen molar-refractivity contribution in [1.82, 2.24) is 5.32 Å². The zero-order valence-corrected chi connectivity index (χ0v) is 19.3. The number of hydrogen-bond acceptors (Lipinski definition) is 3. The number of ether oxygens (including phenoxy) is 1. The third-order valence-corrected chi connectivity index (χ3v) is 6.07. The summed E-state index contributed by atoms with van der Waals surface area (Å²) in [6.07, 6.45) is 11.0. The maximum atomic E-state index is 13.1. The summed E-state index contributed by atoms with van der Waals surface area (Å²) in [5.74, 6) is 0.821. The summed E-state index contributed by atoms with van der Waals surface area (Å²) < 4.78 is 6.06. The van der Waals surface area contributed by atoms with E-state index in [2.05, 4.69) is 41.7 Å². The maximum Gasteiger partial charge on any atom is 0.252 e. The molecular weight excluding hydrogens is 410 g/mol. The molecule has 0 saturated carbocycles. The molecule has 2 aliphatic carbocycles. The van der Waals surface area contributed by atoms with E-state index < -0.39 is 0 Å². The minimum absolute atomic E-state index is 0.0841. The molecule has 1 unspecified atom stereocenters. The second-order valence-corrected chi connectivity index (χ2v) is 8.41. The first kappa shape index (κ1) is 22.7. The molecule has 0 fully saturated rings. The molecule has 1 atom stereocenters. The standard InChI is InChI=1S/C29H31NO3/c1-3-30-29(32)28-26(20(2)31)25-19-23(33-18-10-13-21-11-6-4-7-12-21)16-17-24(25)27(28)22-14-8-5-9-15-22/h4-9,11-12,14,16-17,19,22,31H,3,10,13,15,18H2,1-2H3,(H,30,32)/b26-20+. The van der Waals surface area contributed by atoms with Crippen LogP contribution in [0.25, 0.3) is 11.1 Å². The van der Waals surface area contributed by atoms with Gasteiger partial charge in [0.1, 0.15) is 5.75 Å². The number of fused-ring (bicyclic) bond motifs is 1. The summed E-state index contributed by atoms with van der Waals surface area (Å²) in [6, 6.07) is 16.3. The molecule has 33 heavy (non-hydrogen) atoms. The summed E-state index contributed by atoms with van der Waals surface area (Å²) >= 11 is 0. The van der Waals surface area contributed by atoms with E-state index in [4.69, 9.17) is 4.74 Å². The molecule has 0 aromatic heterocycles. The lowest BCUT2D eigenvalue weighted by Crippen LogP contribution is -2.25. The summed E-state index contributed by atoms with van der Waals surface area (Å²) in [5, 5.41) is 13.6. The highest BCUT2D eigenvalue weighted by atomic mass is 16.5. The first-order valence-corrected chi connectivity index (χ1v) is 11.7. The van der Waals surface area contributed by atoms with Crippen LogP contribution in [-0.4, -0.2) is 24.2 Å². The molecule has 0 bridgehead atoms. The van der Waals surface area contributed by atoms with Crippen LogP contribution in [0.1, 0.15) is 43.4 Å². The molecule has 4 rings (SSSR count). The van der Waals surface area contributed by atoms with Crippen LogP contribution in [0.4, 0.5) is 0 Å². The number of aliphatic hydroxyl groups excluding tert-OH is 1. The Morgan fingerprint density at radius 3 is 2.64 bits per heavy atom. The lowest BCUT2D eigenvalue weighted by Gasteiger charge is -2.18. The molecule has 2 aromatic rings. The number of rotatable bonds is 8. The lowest BCUT2D eigenvalue weighted by molar-refractivity contribution is -0.116. The van der Waals surface area contributed by atoms with E-state index in [0.717, 1.165) is 41.7 Å². The Balaban J connectivity index is 1.61. The average Bonchev–Trinajstić information content (AvgIpc) is 3.18. The van der Waals surface area contributed by atoms with Gasteiger partial charge in [-0.2, -0.15) is 0 Å². The van der Waals surface area contributed by atoms with E-state index in [1.54, 1.807) is 6.92 Å². The Hall–Kier alpha value is -3.53. The highest BCUT2D eigenvalue weighted by Gasteiger charge is 2.35. The van der Waals surface area contributed by atoms with Gasteiger partial charge >= 0.3 is 0 Å². The van der Waals surface area contributed by atoms with Crippen LogP contribution in [0.5, 0.6) is 5.75 Å². The van der Waals surface area contributed by atoms with Crippen molar-refractivity contribution in [2.45, 2.75) is 33.1 Å². The molecule has 4 heteroatoms. The molecule has 0 radical (unpaired) electrons. The molecule has 0 heterocycles. The molecule has 0 spiro atoms. The van der Waals surface area contributed by atoms with E-state index >= 15 is 0 Å². The van der Waals surface area contributed by atoms with Gasteiger partial charge in [-0.3, -0.25) is 4.79 Å².